The molecule has 5 nitrogen and oxygen atoms in total. The normalized spacial score (nSPS) is 9.71. The number of aliphatic carboxylic acids is 2. The van der Waals surface area contributed by atoms with Crippen LogP contribution in [0, 0.1) is 0 Å². The lowest BCUT2D eigenvalue weighted by Gasteiger charge is -1.93. The number of carbonyl (C=O) groups excluding carboxylic acids is 1. The van der Waals surface area contributed by atoms with Crippen molar-refractivity contribution in [2.75, 3.05) is 0 Å². The molecule has 82 valence electrons. The number of Topliss-reactive ketones (excluding diaryl/α,β-unsaturated/α-hetero) is 1. The quantitative estimate of drug-likeness (QED) is 0.662. The summed E-state index contributed by atoms with van der Waals surface area (Å²) in [4.78, 5) is 28.4. The van der Waals surface area contributed by atoms with Gasteiger partial charge in [0.2, 0.25) is 5.78 Å². The average molecular weight is 216 g/mol. The third-order valence-electron chi connectivity index (χ3n) is 0.802. The standard InChI is InChI=1S/C4H6O3.C2HF3O2/c1-2-3(5)4(6)7;3-2(4,5)1(6)7/h2H2,1H3,(H,6,7);(H,6,7). The molecule has 0 fully saturated rings. The molecule has 0 saturated carbocycles. The van der Waals surface area contributed by atoms with Gasteiger partial charge in [-0.1, -0.05) is 6.92 Å². The first-order chi connectivity index (χ1) is 6.12. The molecular weight excluding hydrogens is 209 g/mol. The molecule has 0 bridgehead atoms. The lowest BCUT2D eigenvalue weighted by molar-refractivity contribution is -0.192. The number of ketones is 1. The minimum absolute atomic E-state index is 0.0787. The van der Waals surface area contributed by atoms with Gasteiger partial charge in [0.25, 0.3) is 0 Å². The van der Waals surface area contributed by atoms with Crippen LogP contribution in [0.15, 0.2) is 0 Å². The summed E-state index contributed by atoms with van der Waals surface area (Å²) >= 11 is 0. The van der Waals surface area contributed by atoms with E-state index in [0.29, 0.717) is 0 Å². The van der Waals surface area contributed by atoms with Crippen molar-refractivity contribution in [1.82, 2.24) is 0 Å². The zero-order valence-electron chi connectivity index (χ0n) is 6.96. The maximum atomic E-state index is 10.6. The molecule has 0 aromatic rings. The van der Waals surface area contributed by atoms with Crippen molar-refractivity contribution in [1.29, 1.82) is 0 Å². The molecule has 14 heavy (non-hydrogen) atoms. The van der Waals surface area contributed by atoms with Gasteiger partial charge in [-0.2, -0.15) is 13.2 Å². The number of carbonyl (C=O) groups is 3. The molecule has 0 aliphatic rings. The van der Waals surface area contributed by atoms with E-state index in [1.165, 1.54) is 6.92 Å². The maximum Gasteiger partial charge on any atom is 0.490 e. The molecule has 0 saturated heterocycles. The van der Waals surface area contributed by atoms with Crippen LogP contribution in [0.3, 0.4) is 0 Å². The molecule has 0 aromatic carbocycles. The fraction of sp³-hybridized carbons (Fsp3) is 0.500. The lowest BCUT2D eigenvalue weighted by atomic mass is 10.3. The minimum Gasteiger partial charge on any atom is -0.476 e. The largest absolute Gasteiger partial charge is 0.490 e. The fourth-order valence-corrected chi connectivity index (χ4v) is 0.151. The van der Waals surface area contributed by atoms with E-state index in [2.05, 4.69) is 0 Å². The Hall–Kier alpha value is -1.60. The van der Waals surface area contributed by atoms with E-state index >= 15 is 0 Å². The van der Waals surface area contributed by atoms with Crippen LogP contribution in [0.5, 0.6) is 0 Å². The van der Waals surface area contributed by atoms with Gasteiger partial charge < -0.3 is 10.2 Å². The van der Waals surface area contributed by atoms with Gasteiger partial charge in [0.1, 0.15) is 0 Å². The number of alkyl halides is 3. The molecule has 0 unspecified atom stereocenters. The van der Waals surface area contributed by atoms with Crippen molar-refractivity contribution in [2.24, 2.45) is 0 Å². The van der Waals surface area contributed by atoms with Crippen molar-refractivity contribution >= 4 is 17.7 Å². The third kappa shape index (κ3) is 8.50. The Morgan fingerprint density at radius 3 is 1.43 bits per heavy atom. The summed E-state index contributed by atoms with van der Waals surface area (Å²) in [5.74, 6) is -4.84. The van der Waals surface area contributed by atoms with E-state index in [0.717, 1.165) is 0 Å². The van der Waals surface area contributed by atoms with E-state index in [9.17, 15) is 22.8 Å². The van der Waals surface area contributed by atoms with Gasteiger partial charge in [0.15, 0.2) is 0 Å². The maximum absolute atomic E-state index is 10.6. The lowest BCUT2D eigenvalue weighted by Crippen LogP contribution is -2.21. The zero-order chi connectivity index (χ0) is 11.9. The van der Waals surface area contributed by atoms with Crippen LogP contribution < -0.4 is 0 Å². The molecular formula is C6H7F3O5. The van der Waals surface area contributed by atoms with Crippen molar-refractivity contribution < 1.29 is 37.8 Å². The van der Waals surface area contributed by atoms with Crippen LogP contribution in [0.1, 0.15) is 13.3 Å². The molecule has 0 radical (unpaired) electrons. The van der Waals surface area contributed by atoms with Crippen molar-refractivity contribution in [3.8, 4) is 0 Å². The first-order valence-corrected chi connectivity index (χ1v) is 3.19. The first kappa shape index (κ1) is 14.9. The summed E-state index contributed by atoms with van der Waals surface area (Å²) in [5.41, 5.74) is 0. The van der Waals surface area contributed by atoms with E-state index in [1.807, 2.05) is 0 Å². The number of rotatable bonds is 2. The number of hydrogen-bond acceptors (Lipinski definition) is 3. The molecule has 0 rings (SSSR count). The first-order valence-electron chi connectivity index (χ1n) is 3.19. The van der Waals surface area contributed by atoms with Crippen molar-refractivity contribution in [3.63, 3.8) is 0 Å². The smallest absolute Gasteiger partial charge is 0.476 e. The predicted octanol–water partition coefficient (Wildman–Crippen LogP) is 0.683. The summed E-state index contributed by atoms with van der Waals surface area (Å²) in [5, 5.41) is 15.0. The Labute approximate surface area is 76.1 Å². The highest BCUT2D eigenvalue weighted by Crippen LogP contribution is 2.13. The van der Waals surface area contributed by atoms with Gasteiger partial charge in [-0.15, -0.1) is 0 Å². The van der Waals surface area contributed by atoms with Crippen LogP contribution in [0.4, 0.5) is 13.2 Å². The minimum atomic E-state index is -5.08. The second kappa shape index (κ2) is 5.95. The van der Waals surface area contributed by atoms with Gasteiger partial charge in [-0.05, 0) is 0 Å². The number of halogens is 3. The van der Waals surface area contributed by atoms with Crippen LogP contribution in [-0.4, -0.2) is 34.1 Å². The molecule has 0 amide bonds. The van der Waals surface area contributed by atoms with Gasteiger partial charge in [-0.25, -0.2) is 9.59 Å². The van der Waals surface area contributed by atoms with Crippen LogP contribution in [0.25, 0.3) is 0 Å². The van der Waals surface area contributed by atoms with Gasteiger partial charge >= 0.3 is 18.1 Å². The van der Waals surface area contributed by atoms with E-state index < -0.39 is 23.9 Å². The van der Waals surface area contributed by atoms with Crippen molar-refractivity contribution in [3.05, 3.63) is 0 Å². The summed E-state index contributed by atoms with van der Waals surface area (Å²) in [6.45, 7) is 1.51. The summed E-state index contributed by atoms with van der Waals surface area (Å²) in [6.07, 6.45) is -5.00. The average Bonchev–Trinajstić information content (AvgIpc) is 2.02. The van der Waals surface area contributed by atoms with Crippen LogP contribution in [-0.2, 0) is 14.4 Å². The second-order valence-electron chi connectivity index (χ2n) is 1.88. The SMILES string of the molecule is CCC(=O)C(=O)O.O=C(O)C(F)(F)F. The summed E-state index contributed by atoms with van der Waals surface area (Å²) < 4.78 is 31.7. The van der Waals surface area contributed by atoms with Crippen molar-refractivity contribution in [2.45, 2.75) is 19.5 Å². The van der Waals surface area contributed by atoms with E-state index in [4.69, 9.17) is 15.0 Å². The molecule has 2 N–H and O–H groups in total. The molecule has 0 spiro atoms. The molecule has 0 heterocycles. The molecule has 8 heteroatoms. The predicted molar refractivity (Wildman–Crippen MR) is 36.6 cm³/mol. The second-order valence-corrected chi connectivity index (χ2v) is 1.88. The number of carboxylic acid groups (broad SMARTS) is 2. The zero-order valence-corrected chi connectivity index (χ0v) is 6.96. The summed E-state index contributed by atoms with van der Waals surface area (Å²) in [6, 6.07) is 0. The monoisotopic (exact) mass is 216 g/mol. The topological polar surface area (TPSA) is 91.7 Å². The Bertz CT molecular complexity index is 232. The number of carboxylic acids is 2. The molecule has 0 aromatic heterocycles. The highest BCUT2D eigenvalue weighted by atomic mass is 19.4. The Balaban J connectivity index is 0. The Morgan fingerprint density at radius 1 is 1.14 bits per heavy atom. The van der Waals surface area contributed by atoms with E-state index in [-0.39, 0.29) is 6.42 Å². The fourth-order valence-electron chi connectivity index (χ4n) is 0.151. The van der Waals surface area contributed by atoms with Gasteiger partial charge in [0.05, 0.1) is 0 Å². The van der Waals surface area contributed by atoms with E-state index in [1.54, 1.807) is 0 Å². The van der Waals surface area contributed by atoms with Crippen LogP contribution >= 0.6 is 0 Å². The molecule has 0 atom stereocenters. The Kier molecular flexibility index (Phi) is 6.33. The molecule has 0 aliphatic heterocycles. The highest BCUT2D eigenvalue weighted by molar-refractivity contribution is 6.32. The number of hydrogen-bond donors (Lipinski definition) is 2. The molecule has 0 aliphatic carbocycles. The van der Waals surface area contributed by atoms with Gasteiger partial charge in [-0.3, -0.25) is 4.79 Å². The Morgan fingerprint density at radius 2 is 1.43 bits per heavy atom. The summed E-state index contributed by atoms with van der Waals surface area (Å²) in [7, 11) is 0. The highest BCUT2D eigenvalue weighted by Gasteiger charge is 2.38. The third-order valence-corrected chi connectivity index (χ3v) is 0.802. The van der Waals surface area contributed by atoms with Gasteiger partial charge in [0, 0.05) is 6.42 Å². The van der Waals surface area contributed by atoms with Crippen LogP contribution in [0.2, 0.25) is 0 Å².